The van der Waals surface area contributed by atoms with Gasteiger partial charge in [0.1, 0.15) is 0 Å². The van der Waals surface area contributed by atoms with Crippen LogP contribution in [0.3, 0.4) is 0 Å². The van der Waals surface area contributed by atoms with Crippen molar-refractivity contribution < 1.29 is 14.3 Å². The molecule has 2 atom stereocenters. The molecular weight excluding hydrogens is 244 g/mol. The second-order valence-corrected chi connectivity index (χ2v) is 6.08. The highest BCUT2D eigenvalue weighted by molar-refractivity contribution is 5.79. The van der Waals surface area contributed by atoms with Crippen LogP contribution in [0.2, 0.25) is 0 Å². The number of hydrogen-bond donors (Lipinski definition) is 2. The van der Waals surface area contributed by atoms with E-state index < -0.39 is 0 Å². The highest BCUT2D eigenvalue weighted by Crippen LogP contribution is 2.20. The average Bonchev–Trinajstić information content (AvgIpc) is 2.91. The van der Waals surface area contributed by atoms with Crippen LogP contribution >= 0.6 is 0 Å². The molecule has 2 fully saturated rings. The summed E-state index contributed by atoms with van der Waals surface area (Å²) in [4.78, 5) is 11.9. The number of ether oxygens (including phenoxy) is 2. The van der Waals surface area contributed by atoms with Crippen LogP contribution in [0.15, 0.2) is 0 Å². The lowest BCUT2D eigenvalue weighted by molar-refractivity contribution is -0.214. The van der Waals surface area contributed by atoms with Crippen LogP contribution in [0, 0.1) is 5.92 Å². The van der Waals surface area contributed by atoms with Gasteiger partial charge in [0.25, 0.3) is 0 Å². The van der Waals surface area contributed by atoms with Gasteiger partial charge < -0.3 is 20.1 Å². The molecule has 0 spiro atoms. The standard InChI is InChI=1S/C14H26N2O3/c1-14(2,19-12-5-3-4-8-18-12)10-16-13(17)11-6-7-15-9-11/h11-12,15H,3-10H2,1-2H3,(H,16,17). The Kier molecular flexibility index (Phi) is 5.19. The first-order valence-electron chi connectivity index (χ1n) is 7.35. The van der Waals surface area contributed by atoms with Crippen molar-refractivity contribution in [2.24, 2.45) is 5.92 Å². The second kappa shape index (κ2) is 6.68. The van der Waals surface area contributed by atoms with Gasteiger partial charge in [-0.1, -0.05) is 0 Å². The van der Waals surface area contributed by atoms with E-state index in [9.17, 15) is 4.79 Å². The molecule has 2 aliphatic heterocycles. The number of rotatable bonds is 5. The molecule has 0 saturated carbocycles. The summed E-state index contributed by atoms with van der Waals surface area (Å²) >= 11 is 0. The summed E-state index contributed by atoms with van der Waals surface area (Å²) in [6.07, 6.45) is 4.03. The summed E-state index contributed by atoms with van der Waals surface area (Å²) in [7, 11) is 0. The van der Waals surface area contributed by atoms with Crippen molar-refractivity contribution in [3.63, 3.8) is 0 Å². The molecular formula is C14H26N2O3. The number of amides is 1. The molecule has 0 aromatic heterocycles. The quantitative estimate of drug-likeness (QED) is 0.783. The van der Waals surface area contributed by atoms with Crippen LogP contribution in [-0.4, -0.2) is 44.0 Å². The van der Waals surface area contributed by atoms with Crippen LogP contribution in [0.5, 0.6) is 0 Å². The maximum atomic E-state index is 11.9. The smallest absolute Gasteiger partial charge is 0.224 e. The molecule has 2 unspecified atom stereocenters. The normalized spacial score (nSPS) is 28.3. The van der Waals surface area contributed by atoms with E-state index >= 15 is 0 Å². The molecule has 2 saturated heterocycles. The molecule has 2 heterocycles. The third-order valence-electron chi connectivity index (χ3n) is 3.71. The van der Waals surface area contributed by atoms with E-state index in [0.29, 0.717) is 6.54 Å². The summed E-state index contributed by atoms with van der Waals surface area (Å²) < 4.78 is 11.5. The number of carbonyl (C=O) groups is 1. The zero-order valence-corrected chi connectivity index (χ0v) is 12.0. The van der Waals surface area contributed by atoms with Crippen LogP contribution in [0.4, 0.5) is 0 Å². The molecule has 0 aliphatic carbocycles. The van der Waals surface area contributed by atoms with Crippen molar-refractivity contribution in [1.82, 2.24) is 10.6 Å². The first-order chi connectivity index (χ1) is 9.07. The lowest BCUT2D eigenvalue weighted by Crippen LogP contribution is -2.45. The van der Waals surface area contributed by atoms with E-state index in [1.54, 1.807) is 0 Å². The highest BCUT2D eigenvalue weighted by atomic mass is 16.7. The van der Waals surface area contributed by atoms with Crippen LogP contribution in [0.1, 0.15) is 39.5 Å². The third-order valence-corrected chi connectivity index (χ3v) is 3.71. The summed E-state index contributed by atoms with van der Waals surface area (Å²) in [6, 6.07) is 0. The van der Waals surface area contributed by atoms with Crippen molar-refractivity contribution in [1.29, 1.82) is 0 Å². The maximum absolute atomic E-state index is 11.9. The second-order valence-electron chi connectivity index (χ2n) is 6.08. The minimum atomic E-state index is -0.385. The van der Waals surface area contributed by atoms with Gasteiger partial charge in [0.15, 0.2) is 6.29 Å². The minimum Gasteiger partial charge on any atom is -0.353 e. The van der Waals surface area contributed by atoms with Crippen LogP contribution in [-0.2, 0) is 14.3 Å². The molecule has 0 aromatic carbocycles. The van der Waals surface area contributed by atoms with Gasteiger partial charge in [0.05, 0.1) is 11.5 Å². The molecule has 2 aliphatic rings. The van der Waals surface area contributed by atoms with E-state index in [1.807, 2.05) is 13.8 Å². The third kappa shape index (κ3) is 4.75. The Morgan fingerprint density at radius 1 is 1.42 bits per heavy atom. The van der Waals surface area contributed by atoms with E-state index in [1.165, 1.54) is 0 Å². The SMILES string of the molecule is CC(C)(CNC(=O)C1CCNC1)OC1CCCCO1. The highest BCUT2D eigenvalue weighted by Gasteiger charge is 2.28. The van der Waals surface area contributed by atoms with E-state index in [0.717, 1.165) is 45.4 Å². The predicted molar refractivity (Wildman–Crippen MR) is 72.7 cm³/mol. The largest absolute Gasteiger partial charge is 0.353 e. The molecule has 19 heavy (non-hydrogen) atoms. The molecule has 5 heteroatoms. The molecule has 0 aromatic rings. The lowest BCUT2D eigenvalue weighted by Gasteiger charge is -2.33. The van der Waals surface area contributed by atoms with E-state index in [2.05, 4.69) is 10.6 Å². The van der Waals surface area contributed by atoms with Crippen molar-refractivity contribution in [3.8, 4) is 0 Å². The van der Waals surface area contributed by atoms with Gasteiger partial charge in [-0.15, -0.1) is 0 Å². The zero-order chi connectivity index (χ0) is 13.7. The van der Waals surface area contributed by atoms with E-state index in [-0.39, 0.29) is 23.7 Å². The average molecular weight is 270 g/mol. The Balaban J connectivity index is 1.71. The summed E-state index contributed by atoms with van der Waals surface area (Å²) in [5.74, 6) is 0.243. The maximum Gasteiger partial charge on any atom is 0.224 e. The van der Waals surface area contributed by atoms with Gasteiger partial charge in [0.2, 0.25) is 5.91 Å². The lowest BCUT2D eigenvalue weighted by atomic mass is 10.1. The van der Waals surface area contributed by atoms with Gasteiger partial charge in [0, 0.05) is 19.7 Å². The van der Waals surface area contributed by atoms with Gasteiger partial charge in [-0.25, -0.2) is 0 Å². The first-order valence-corrected chi connectivity index (χ1v) is 7.35. The van der Waals surface area contributed by atoms with Crippen LogP contribution in [0.25, 0.3) is 0 Å². The number of hydrogen-bond acceptors (Lipinski definition) is 4. The molecule has 0 bridgehead atoms. The summed E-state index contributed by atoms with van der Waals surface area (Å²) in [5.41, 5.74) is -0.385. The van der Waals surface area contributed by atoms with Crippen molar-refractivity contribution in [3.05, 3.63) is 0 Å². The van der Waals surface area contributed by atoms with Gasteiger partial charge in [-0.2, -0.15) is 0 Å². The first kappa shape index (κ1) is 14.8. The molecule has 0 radical (unpaired) electrons. The Bertz CT molecular complexity index is 295. The van der Waals surface area contributed by atoms with Crippen molar-refractivity contribution in [2.45, 2.75) is 51.4 Å². The number of nitrogens with one attached hydrogen (secondary N) is 2. The number of carbonyl (C=O) groups excluding carboxylic acids is 1. The monoisotopic (exact) mass is 270 g/mol. The molecule has 2 N–H and O–H groups in total. The van der Waals surface area contributed by atoms with E-state index in [4.69, 9.17) is 9.47 Å². The minimum absolute atomic E-state index is 0.113. The van der Waals surface area contributed by atoms with Gasteiger partial charge in [-0.3, -0.25) is 4.79 Å². The molecule has 1 amide bonds. The Labute approximate surface area is 115 Å². The fraction of sp³-hybridized carbons (Fsp3) is 0.929. The fourth-order valence-electron chi connectivity index (χ4n) is 2.52. The summed E-state index contributed by atoms with van der Waals surface area (Å²) in [6.45, 7) is 7.03. The fourth-order valence-corrected chi connectivity index (χ4v) is 2.52. The van der Waals surface area contributed by atoms with Crippen molar-refractivity contribution in [2.75, 3.05) is 26.2 Å². The van der Waals surface area contributed by atoms with Gasteiger partial charge in [-0.05, 0) is 46.1 Å². The van der Waals surface area contributed by atoms with Crippen LogP contribution < -0.4 is 10.6 Å². The van der Waals surface area contributed by atoms with Crippen molar-refractivity contribution >= 4 is 5.91 Å². The van der Waals surface area contributed by atoms with Gasteiger partial charge >= 0.3 is 0 Å². The molecule has 5 nitrogen and oxygen atoms in total. The summed E-state index contributed by atoms with van der Waals surface area (Å²) in [5, 5.41) is 6.20. The Hall–Kier alpha value is -0.650. The topological polar surface area (TPSA) is 59.6 Å². The molecule has 110 valence electrons. The zero-order valence-electron chi connectivity index (χ0n) is 12.0. The Morgan fingerprint density at radius 2 is 2.26 bits per heavy atom. The molecule has 2 rings (SSSR count). The predicted octanol–water partition coefficient (Wildman–Crippen LogP) is 1.03. The Morgan fingerprint density at radius 3 is 2.89 bits per heavy atom.